The standard InChI is InChI=1S/C10H11BrO3/c1-5(10(13)14)7-3-8(11)6(2)9(12)4-7/h3-5,12H,1-2H3,(H,13,14). The van der Waals surface area contributed by atoms with Gasteiger partial charge in [0.15, 0.2) is 0 Å². The van der Waals surface area contributed by atoms with Crippen molar-refractivity contribution in [2.45, 2.75) is 19.8 Å². The summed E-state index contributed by atoms with van der Waals surface area (Å²) in [6.45, 7) is 3.34. The van der Waals surface area contributed by atoms with E-state index in [1.807, 2.05) is 0 Å². The zero-order valence-corrected chi connectivity index (χ0v) is 9.50. The summed E-state index contributed by atoms with van der Waals surface area (Å²) in [4.78, 5) is 10.7. The van der Waals surface area contributed by atoms with Crippen molar-refractivity contribution in [1.82, 2.24) is 0 Å². The van der Waals surface area contributed by atoms with E-state index in [-0.39, 0.29) is 5.75 Å². The number of carboxylic acid groups (broad SMARTS) is 1. The molecule has 0 bridgehead atoms. The van der Waals surface area contributed by atoms with Gasteiger partial charge in [-0.25, -0.2) is 0 Å². The molecule has 3 nitrogen and oxygen atoms in total. The number of halogens is 1. The highest BCUT2D eigenvalue weighted by Crippen LogP contribution is 2.30. The Morgan fingerprint density at radius 2 is 2.07 bits per heavy atom. The van der Waals surface area contributed by atoms with Crippen LogP contribution in [0.25, 0.3) is 0 Å². The molecule has 1 rings (SSSR count). The molecule has 0 fully saturated rings. The van der Waals surface area contributed by atoms with Crippen LogP contribution in [0.3, 0.4) is 0 Å². The van der Waals surface area contributed by atoms with E-state index in [1.165, 1.54) is 6.07 Å². The molecule has 0 saturated carbocycles. The van der Waals surface area contributed by atoms with Crippen LogP contribution in [-0.4, -0.2) is 16.2 Å². The molecule has 0 heterocycles. The second-order valence-electron chi connectivity index (χ2n) is 3.21. The van der Waals surface area contributed by atoms with E-state index < -0.39 is 11.9 Å². The Labute approximate surface area is 90.5 Å². The van der Waals surface area contributed by atoms with E-state index in [0.29, 0.717) is 11.1 Å². The minimum Gasteiger partial charge on any atom is -0.508 e. The highest BCUT2D eigenvalue weighted by Gasteiger charge is 2.16. The summed E-state index contributed by atoms with van der Waals surface area (Å²) >= 11 is 3.26. The van der Waals surface area contributed by atoms with Gasteiger partial charge in [-0.2, -0.15) is 0 Å². The highest BCUT2D eigenvalue weighted by atomic mass is 79.9. The third-order valence-corrected chi connectivity index (χ3v) is 3.03. The van der Waals surface area contributed by atoms with E-state index in [0.717, 1.165) is 4.47 Å². The number of phenolic OH excluding ortho intramolecular Hbond substituents is 1. The Morgan fingerprint density at radius 3 is 2.50 bits per heavy atom. The molecule has 0 aliphatic carbocycles. The minimum absolute atomic E-state index is 0.113. The van der Waals surface area contributed by atoms with Crippen molar-refractivity contribution in [3.05, 3.63) is 27.7 Å². The van der Waals surface area contributed by atoms with Crippen LogP contribution in [-0.2, 0) is 4.79 Å². The van der Waals surface area contributed by atoms with Crippen molar-refractivity contribution < 1.29 is 15.0 Å². The molecule has 0 saturated heterocycles. The molecule has 0 radical (unpaired) electrons. The summed E-state index contributed by atoms with van der Waals surface area (Å²) in [5, 5.41) is 18.3. The maximum Gasteiger partial charge on any atom is 0.310 e. The van der Waals surface area contributed by atoms with Gasteiger partial charge >= 0.3 is 5.97 Å². The lowest BCUT2D eigenvalue weighted by Crippen LogP contribution is -2.07. The number of aliphatic carboxylic acids is 1. The smallest absolute Gasteiger partial charge is 0.310 e. The number of hydrogen-bond donors (Lipinski definition) is 2. The van der Waals surface area contributed by atoms with Crippen LogP contribution >= 0.6 is 15.9 Å². The van der Waals surface area contributed by atoms with Gasteiger partial charge in [-0.3, -0.25) is 4.79 Å². The van der Waals surface area contributed by atoms with E-state index >= 15 is 0 Å². The predicted octanol–water partition coefficient (Wildman–Crippen LogP) is 2.65. The molecule has 14 heavy (non-hydrogen) atoms. The number of hydrogen-bond acceptors (Lipinski definition) is 2. The lowest BCUT2D eigenvalue weighted by atomic mass is 10.00. The summed E-state index contributed by atoms with van der Waals surface area (Å²) in [7, 11) is 0. The van der Waals surface area contributed by atoms with Crippen LogP contribution < -0.4 is 0 Å². The maximum atomic E-state index is 10.7. The number of carbonyl (C=O) groups is 1. The SMILES string of the molecule is Cc1c(O)cc(C(C)C(=O)O)cc1Br. The molecule has 1 aromatic rings. The fraction of sp³-hybridized carbons (Fsp3) is 0.300. The molecule has 0 amide bonds. The molecular weight excluding hydrogens is 248 g/mol. The average Bonchev–Trinajstić information content (AvgIpc) is 2.12. The van der Waals surface area contributed by atoms with Crippen molar-refractivity contribution in [1.29, 1.82) is 0 Å². The van der Waals surface area contributed by atoms with Gasteiger partial charge in [0.25, 0.3) is 0 Å². The third kappa shape index (κ3) is 2.07. The zero-order chi connectivity index (χ0) is 10.9. The van der Waals surface area contributed by atoms with Crippen LogP contribution in [0, 0.1) is 6.92 Å². The Morgan fingerprint density at radius 1 is 1.50 bits per heavy atom. The number of carboxylic acids is 1. The van der Waals surface area contributed by atoms with Crippen LogP contribution in [0.2, 0.25) is 0 Å². The van der Waals surface area contributed by atoms with Crippen LogP contribution in [0.15, 0.2) is 16.6 Å². The first-order valence-electron chi connectivity index (χ1n) is 4.15. The van der Waals surface area contributed by atoms with Gasteiger partial charge in [0.2, 0.25) is 0 Å². The molecule has 2 N–H and O–H groups in total. The first-order chi connectivity index (χ1) is 6.43. The Hall–Kier alpha value is -1.03. The van der Waals surface area contributed by atoms with Gasteiger partial charge < -0.3 is 10.2 Å². The molecule has 1 atom stereocenters. The number of rotatable bonds is 2. The molecule has 0 aliphatic rings. The second kappa shape index (κ2) is 4.00. The molecule has 1 aromatic carbocycles. The van der Waals surface area contributed by atoms with Gasteiger partial charge in [0, 0.05) is 10.0 Å². The topological polar surface area (TPSA) is 57.5 Å². The van der Waals surface area contributed by atoms with Crippen molar-refractivity contribution in [3.8, 4) is 5.75 Å². The number of phenols is 1. The van der Waals surface area contributed by atoms with Crippen molar-refractivity contribution in [3.63, 3.8) is 0 Å². The summed E-state index contributed by atoms with van der Waals surface area (Å²) in [6.07, 6.45) is 0. The lowest BCUT2D eigenvalue weighted by molar-refractivity contribution is -0.138. The van der Waals surface area contributed by atoms with E-state index in [9.17, 15) is 9.90 Å². The van der Waals surface area contributed by atoms with Crippen molar-refractivity contribution >= 4 is 21.9 Å². The maximum absolute atomic E-state index is 10.7. The second-order valence-corrected chi connectivity index (χ2v) is 4.06. The molecule has 1 unspecified atom stereocenters. The quantitative estimate of drug-likeness (QED) is 0.858. The first-order valence-corrected chi connectivity index (χ1v) is 4.94. The monoisotopic (exact) mass is 258 g/mol. The number of benzene rings is 1. The summed E-state index contributed by atoms with van der Waals surface area (Å²) < 4.78 is 0.723. The number of aromatic hydroxyl groups is 1. The van der Waals surface area contributed by atoms with E-state index in [1.54, 1.807) is 19.9 Å². The molecule has 0 aliphatic heterocycles. The fourth-order valence-electron chi connectivity index (χ4n) is 1.08. The van der Waals surface area contributed by atoms with E-state index in [2.05, 4.69) is 15.9 Å². The summed E-state index contributed by atoms with van der Waals surface area (Å²) in [5.74, 6) is -1.40. The van der Waals surface area contributed by atoms with Gasteiger partial charge in [-0.1, -0.05) is 15.9 Å². The van der Waals surface area contributed by atoms with Crippen LogP contribution in [0.5, 0.6) is 5.75 Å². The molecule has 4 heteroatoms. The Kier molecular flexibility index (Phi) is 3.16. The van der Waals surface area contributed by atoms with Gasteiger partial charge in [0.1, 0.15) is 5.75 Å². The van der Waals surface area contributed by atoms with Crippen LogP contribution in [0.4, 0.5) is 0 Å². The fourth-order valence-corrected chi connectivity index (χ4v) is 1.54. The highest BCUT2D eigenvalue weighted by molar-refractivity contribution is 9.10. The van der Waals surface area contributed by atoms with Gasteiger partial charge in [-0.15, -0.1) is 0 Å². The minimum atomic E-state index is -0.903. The lowest BCUT2D eigenvalue weighted by Gasteiger charge is -2.10. The average molecular weight is 259 g/mol. The van der Waals surface area contributed by atoms with E-state index in [4.69, 9.17) is 5.11 Å². The van der Waals surface area contributed by atoms with Crippen LogP contribution in [0.1, 0.15) is 24.0 Å². The summed E-state index contributed by atoms with van der Waals surface area (Å²) in [5.41, 5.74) is 1.30. The zero-order valence-electron chi connectivity index (χ0n) is 7.91. The van der Waals surface area contributed by atoms with Gasteiger partial charge in [0.05, 0.1) is 5.92 Å². The first kappa shape index (κ1) is 11.0. The largest absolute Gasteiger partial charge is 0.508 e. The molecule has 76 valence electrons. The Bertz CT molecular complexity index is 351. The Balaban J connectivity index is 3.19. The van der Waals surface area contributed by atoms with Crippen molar-refractivity contribution in [2.24, 2.45) is 0 Å². The third-order valence-electron chi connectivity index (χ3n) is 2.21. The predicted molar refractivity (Wildman–Crippen MR) is 56.6 cm³/mol. The molecular formula is C10H11BrO3. The van der Waals surface area contributed by atoms with Crippen molar-refractivity contribution in [2.75, 3.05) is 0 Å². The summed E-state index contributed by atoms with van der Waals surface area (Å²) in [6, 6.07) is 3.20. The normalized spacial score (nSPS) is 12.5. The molecule has 0 spiro atoms. The van der Waals surface area contributed by atoms with Gasteiger partial charge in [-0.05, 0) is 31.5 Å². The molecule has 0 aromatic heterocycles.